The first-order valence-electron chi connectivity index (χ1n) is 10.7. The molecule has 0 atom stereocenters. The van der Waals surface area contributed by atoms with E-state index in [9.17, 15) is 14.4 Å². The highest BCUT2D eigenvalue weighted by Crippen LogP contribution is 2.26. The van der Waals surface area contributed by atoms with Crippen LogP contribution in [0, 0.1) is 5.92 Å². The Kier molecular flexibility index (Phi) is 11.1. The topological polar surface area (TPSA) is 109 Å². The van der Waals surface area contributed by atoms with Gasteiger partial charge in [0.15, 0.2) is 0 Å². The lowest BCUT2D eigenvalue weighted by molar-refractivity contribution is -0.194. The molecule has 1 amide bonds. The van der Waals surface area contributed by atoms with Gasteiger partial charge in [-0.25, -0.2) is 14.4 Å². The number of hydrogen-bond acceptors (Lipinski definition) is 8. The summed E-state index contributed by atoms with van der Waals surface area (Å²) in [6.45, 7) is 10.5. The second-order valence-electron chi connectivity index (χ2n) is 8.17. The van der Waals surface area contributed by atoms with Crippen molar-refractivity contribution in [2.24, 2.45) is 5.92 Å². The molecule has 9 heteroatoms. The molecule has 0 aromatic heterocycles. The van der Waals surface area contributed by atoms with Crippen LogP contribution in [0.15, 0.2) is 0 Å². The van der Waals surface area contributed by atoms with E-state index in [4.69, 9.17) is 23.7 Å². The second kappa shape index (κ2) is 12.7. The number of rotatable bonds is 11. The van der Waals surface area contributed by atoms with Crippen LogP contribution in [0.5, 0.6) is 0 Å². The minimum absolute atomic E-state index is 0.0175. The van der Waals surface area contributed by atoms with E-state index in [1.165, 1.54) is 0 Å². The summed E-state index contributed by atoms with van der Waals surface area (Å²) >= 11 is 0. The highest BCUT2D eigenvalue weighted by atomic mass is 16.6. The number of carbonyl (C=O) groups excluding carboxylic acids is 3. The molecule has 1 aliphatic heterocycles. The molecule has 0 aromatic carbocycles. The van der Waals surface area contributed by atoms with E-state index in [2.05, 4.69) is 5.32 Å². The van der Waals surface area contributed by atoms with Gasteiger partial charge in [0.1, 0.15) is 5.60 Å². The molecule has 1 N–H and O–H groups in total. The van der Waals surface area contributed by atoms with Gasteiger partial charge in [0.2, 0.25) is 0 Å². The summed E-state index contributed by atoms with van der Waals surface area (Å²) in [6, 6.07) is 0. The van der Waals surface area contributed by atoms with Crippen LogP contribution in [0.3, 0.4) is 0 Å². The zero-order chi connectivity index (χ0) is 22.6. The molecule has 0 bridgehead atoms. The maximum absolute atomic E-state index is 12.8. The van der Waals surface area contributed by atoms with Gasteiger partial charge in [-0.3, -0.25) is 0 Å². The Morgan fingerprint density at radius 3 is 2.07 bits per heavy atom. The number of hydrogen-bond donors (Lipinski definition) is 1. The monoisotopic (exact) mass is 431 g/mol. The van der Waals surface area contributed by atoms with Gasteiger partial charge in [0, 0.05) is 26.2 Å². The molecule has 1 saturated heterocycles. The maximum atomic E-state index is 12.8. The van der Waals surface area contributed by atoms with E-state index in [0.29, 0.717) is 19.6 Å². The first-order valence-corrected chi connectivity index (χ1v) is 10.7. The standard InChI is InChI=1S/C21H37NO8/c1-6-27-17(23)21(18(24)28-7-2,29-15-16-9-13-26-14-10-16)11-8-12-22-19(25)30-20(3,4)5/h16H,6-15H2,1-5H3,(H,22,25). The largest absolute Gasteiger partial charge is 0.463 e. The lowest BCUT2D eigenvalue weighted by Crippen LogP contribution is -2.52. The Labute approximate surface area is 179 Å². The number of alkyl carbamates (subject to hydrolysis) is 1. The molecule has 9 nitrogen and oxygen atoms in total. The van der Waals surface area contributed by atoms with Crippen molar-refractivity contribution >= 4 is 18.0 Å². The minimum atomic E-state index is -1.86. The Morgan fingerprint density at radius 2 is 1.57 bits per heavy atom. The van der Waals surface area contributed by atoms with Gasteiger partial charge in [0.05, 0.1) is 19.8 Å². The average molecular weight is 432 g/mol. The summed E-state index contributed by atoms with van der Waals surface area (Å²) in [6.07, 6.45) is 1.33. The molecule has 0 unspecified atom stereocenters. The Hall–Kier alpha value is -1.87. The molecule has 1 heterocycles. The molecule has 1 rings (SSSR count). The number of nitrogens with one attached hydrogen (secondary N) is 1. The third-order valence-corrected chi connectivity index (χ3v) is 4.49. The quantitative estimate of drug-likeness (QED) is 0.230. The fourth-order valence-electron chi connectivity index (χ4n) is 2.99. The molecule has 0 aromatic rings. The second-order valence-corrected chi connectivity index (χ2v) is 8.17. The lowest BCUT2D eigenvalue weighted by atomic mass is 9.95. The van der Waals surface area contributed by atoms with Crippen molar-refractivity contribution < 1.29 is 38.1 Å². The number of carbonyl (C=O) groups is 3. The fourth-order valence-corrected chi connectivity index (χ4v) is 2.99. The van der Waals surface area contributed by atoms with E-state index in [1.807, 2.05) is 0 Å². The summed E-state index contributed by atoms with van der Waals surface area (Å²) in [5.74, 6) is -1.36. The van der Waals surface area contributed by atoms with Crippen LogP contribution in [0.25, 0.3) is 0 Å². The smallest absolute Gasteiger partial charge is 0.407 e. The Bertz CT molecular complexity index is 534. The molecule has 0 saturated carbocycles. The molecule has 0 radical (unpaired) electrons. The van der Waals surface area contributed by atoms with Crippen LogP contribution >= 0.6 is 0 Å². The lowest BCUT2D eigenvalue weighted by Gasteiger charge is -2.32. The summed E-state index contributed by atoms with van der Waals surface area (Å²) in [4.78, 5) is 37.4. The van der Waals surface area contributed by atoms with E-state index >= 15 is 0 Å². The molecular formula is C21H37NO8. The van der Waals surface area contributed by atoms with E-state index in [0.717, 1.165) is 12.8 Å². The van der Waals surface area contributed by atoms with Gasteiger partial charge in [-0.05, 0) is 59.8 Å². The highest BCUT2D eigenvalue weighted by molar-refractivity contribution is 6.03. The van der Waals surface area contributed by atoms with Crippen LogP contribution in [0.4, 0.5) is 4.79 Å². The minimum Gasteiger partial charge on any atom is -0.463 e. The summed E-state index contributed by atoms with van der Waals surface area (Å²) < 4.78 is 26.8. The number of esters is 2. The van der Waals surface area contributed by atoms with Crippen molar-refractivity contribution in [2.45, 2.75) is 71.5 Å². The van der Waals surface area contributed by atoms with Crippen molar-refractivity contribution in [1.29, 1.82) is 0 Å². The molecule has 1 fully saturated rings. The normalized spacial score (nSPS) is 15.4. The van der Waals surface area contributed by atoms with Crippen molar-refractivity contribution in [3.8, 4) is 0 Å². The first kappa shape index (κ1) is 26.2. The van der Waals surface area contributed by atoms with Crippen LogP contribution < -0.4 is 5.32 Å². The van der Waals surface area contributed by atoms with Crippen LogP contribution in [-0.4, -0.2) is 68.8 Å². The highest BCUT2D eigenvalue weighted by Gasteiger charge is 2.50. The Morgan fingerprint density at radius 1 is 1.00 bits per heavy atom. The number of amides is 1. The maximum Gasteiger partial charge on any atom is 0.407 e. The molecule has 174 valence electrons. The molecular weight excluding hydrogens is 394 g/mol. The fraction of sp³-hybridized carbons (Fsp3) is 0.857. The van der Waals surface area contributed by atoms with Crippen LogP contribution in [0.2, 0.25) is 0 Å². The zero-order valence-electron chi connectivity index (χ0n) is 18.9. The Balaban J connectivity index is 2.82. The zero-order valence-corrected chi connectivity index (χ0v) is 18.9. The third-order valence-electron chi connectivity index (χ3n) is 4.49. The van der Waals surface area contributed by atoms with E-state index in [1.54, 1.807) is 34.6 Å². The van der Waals surface area contributed by atoms with Gasteiger partial charge in [-0.2, -0.15) is 0 Å². The van der Waals surface area contributed by atoms with Gasteiger partial charge in [-0.15, -0.1) is 0 Å². The first-order chi connectivity index (χ1) is 14.1. The van der Waals surface area contributed by atoms with Crippen molar-refractivity contribution in [1.82, 2.24) is 5.32 Å². The summed E-state index contributed by atoms with van der Waals surface area (Å²) in [5.41, 5.74) is -2.48. The van der Waals surface area contributed by atoms with Crippen LogP contribution in [0.1, 0.15) is 60.3 Å². The predicted molar refractivity (Wildman–Crippen MR) is 109 cm³/mol. The van der Waals surface area contributed by atoms with Crippen molar-refractivity contribution in [3.05, 3.63) is 0 Å². The predicted octanol–water partition coefficient (Wildman–Crippen LogP) is 2.60. The van der Waals surface area contributed by atoms with Gasteiger partial charge in [-0.1, -0.05) is 0 Å². The third kappa shape index (κ3) is 8.87. The van der Waals surface area contributed by atoms with E-state index in [-0.39, 0.29) is 38.7 Å². The molecule has 1 aliphatic rings. The van der Waals surface area contributed by atoms with Gasteiger partial charge >= 0.3 is 18.0 Å². The average Bonchev–Trinajstić information content (AvgIpc) is 2.67. The molecule has 0 spiro atoms. The SMILES string of the molecule is CCOC(=O)C(CCCNC(=O)OC(C)(C)C)(OCC1CCOCC1)C(=O)OCC. The van der Waals surface area contributed by atoms with Crippen molar-refractivity contribution in [2.75, 3.05) is 39.6 Å². The molecule has 30 heavy (non-hydrogen) atoms. The van der Waals surface area contributed by atoms with Crippen LogP contribution in [-0.2, 0) is 33.3 Å². The van der Waals surface area contributed by atoms with Crippen molar-refractivity contribution in [3.63, 3.8) is 0 Å². The van der Waals surface area contributed by atoms with Gasteiger partial charge < -0.3 is 29.0 Å². The summed E-state index contributed by atoms with van der Waals surface area (Å²) in [5, 5.41) is 2.62. The summed E-state index contributed by atoms with van der Waals surface area (Å²) in [7, 11) is 0. The molecule has 0 aliphatic carbocycles. The van der Waals surface area contributed by atoms with E-state index < -0.39 is 29.2 Å². The number of ether oxygens (including phenoxy) is 5. The van der Waals surface area contributed by atoms with Gasteiger partial charge in [0.25, 0.3) is 5.60 Å².